The molecule has 0 saturated carbocycles. The van der Waals surface area contributed by atoms with Gasteiger partial charge in [-0.15, -0.1) is 0 Å². The van der Waals surface area contributed by atoms with E-state index in [1.165, 1.54) is 6.07 Å². The summed E-state index contributed by atoms with van der Waals surface area (Å²) in [6.45, 7) is 2.00. The number of ketones is 1. The normalized spacial score (nSPS) is 19.8. The number of carbonyl (C=O) groups excluding carboxylic acids is 1. The van der Waals surface area contributed by atoms with E-state index in [-0.39, 0.29) is 11.3 Å². The van der Waals surface area contributed by atoms with Gasteiger partial charge in [-0.2, -0.15) is 0 Å². The fraction of sp³-hybridized carbons (Fsp3) is 0.500. The van der Waals surface area contributed by atoms with Crippen molar-refractivity contribution in [2.24, 2.45) is 5.92 Å². The average Bonchev–Trinajstić information content (AvgIpc) is 2.40. The molecule has 0 radical (unpaired) electrons. The predicted octanol–water partition coefficient (Wildman–Crippen LogP) is 2.93. The summed E-state index contributed by atoms with van der Waals surface area (Å²) in [6.07, 6.45) is 3.49. The highest BCUT2D eigenvalue weighted by molar-refractivity contribution is 5.96. The van der Waals surface area contributed by atoms with Crippen LogP contribution in [-0.4, -0.2) is 18.9 Å². The number of carbonyl (C=O) groups is 1. The number of hydrogen-bond donors (Lipinski definition) is 1. The van der Waals surface area contributed by atoms with Crippen molar-refractivity contribution in [2.75, 3.05) is 13.1 Å². The molecule has 1 aliphatic rings. The summed E-state index contributed by atoms with van der Waals surface area (Å²) in [5.41, 5.74) is 0.262. The molecule has 0 spiro atoms. The molecule has 98 valence electrons. The number of Topliss-reactive ketones (excluding diaryl/α,β-unsaturated/α-hetero) is 1. The largest absolute Gasteiger partial charge is 0.316 e. The summed E-state index contributed by atoms with van der Waals surface area (Å²) >= 11 is 0. The molecule has 1 saturated heterocycles. The van der Waals surface area contributed by atoms with Gasteiger partial charge >= 0.3 is 0 Å². The number of rotatable bonds is 4. The van der Waals surface area contributed by atoms with E-state index in [2.05, 4.69) is 5.32 Å². The van der Waals surface area contributed by atoms with E-state index >= 15 is 0 Å². The van der Waals surface area contributed by atoms with Crippen molar-refractivity contribution in [3.63, 3.8) is 0 Å². The van der Waals surface area contributed by atoms with E-state index in [1.807, 2.05) is 0 Å². The van der Waals surface area contributed by atoms with Crippen LogP contribution in [0.1, 0.15) is 36.0 Å². The van der Waals surface area contributed by atoms with Crippen LogP contribution < -0.4 is 5.32 Å². The second kappa shape index (κ2) is 6.05. The van der Waals surface area contributed by atoms with Crippen LogP contribution in [0.15, 0.2) is 18.2 Å². The van der Waals surface area contributed by atoms with Gasteiger partial charge in [0.15, 0.2) is 17.4 Å². The Kier molecular flexibility index (Phi) is 4.42. The maximum atomic E-state index is 13.0. The van der Waals surface area contributed by atoms with Crippen molar-refractivity contribution in [1.82, 2.24) is 5.32 Å². The molecule has 4 heteroatoms. The number of nitrogens with one attached hydrogen (secondary N) is 1. The molecular weight excluding hydrogens is 236 g/mol. The zero-order valence-corrected chi connectivity index (χ0v) is 10.2. The second-order valence-corrected chi connectivity index (χ2v) is 4.80. The third-order valence-electron chi connectivity index (χ3n) is 3.42. The Morgan fingerprint density at radius 3 is 2.83 bits per heavy atom. The maximum absolute atomic E-state index is 13.0. The third kappa shape index (κ3) is 3.35. The van der Waals surface area contributed by atoms with E-state index in [0.717, 1.165) is 44.5 Å². The van der Waals surface area contributed by atoms with Gasteiger partial charge in [-0.1, -0.05) is 0 Å². The molecule has 0 amide bonds. The lowest BCUT2D eigenvalue weighted by Gasteiger charge is -2.22. The third-order valence-corrected chi connectivity index (χ3v) is 3.42. The lowest BCUT2D eigenvalue weighted by molar-refractivity contribution is 0.0971. The average molecular weight is 253 g/mol. The molecule has 0 aromatic heterocycles. The van der Waals surface area contributed by atoms with Crippen molar-refractivity contribution in [1.29, 1.82) is 0 Å². The summed E-state index contributed by atoms with van der Waals surface area (Å²) in [4.78, 5) is 11.8. The van der Waals surface area contributed by atoms with Gasteiger partial charge in [-0.3, -0.25) is 4.79 Å². The van der Waals surface area contributed by atoms with E-state index in [4.69, 9.17) is 0 Å². The fourth-order valence-electron chi connectivity index (χ4n) is 2.32. The summed E-state index contributed by atoms with van der Waals surface area (Å²) in [5, 5.41) is 3.29. The molecule has 1 heterocycles. The fourth-order valence-corrected chi connectivity index (χ4v) is 2.32. The molecule has 1 unspecified atom stereocenters. The van der Waals surface area contributed by atoms with Crippen molar-refractivity contribution in [3.05, 3.63) is 35.4 Å². The lowest BCUT2D eigenvalue weighted by Crippen LogP contribution is -2.30. The highest BCUT2D eigenvalue weighted by Gasteiger charge is 2.16. The molecule has 18 heavy (non-hydrogen) atoms. The lowest BCUT2D eigenvalue weighted by atomic mass is 9.92. The molecule has 1 aromatic carbocycles. The molecule has 1 aromatic rings. The highest BCUT2D eigenvalue weighted by atomic mass is 19.2. The molecule has 0 bridgehead atoms. The first kappa shape index (κ1) is 13.1. The van der Waals surface area contributed by atoms with Crippen molar-refractivity contribution >= 4 is 5.78 Å². The van der Waals surface area contributed by atoms with Gasteiger partial charge in [0.25, 0.3) is 0 Å². The molecule has 1 N–H and O–H groups in total. The van der Waals surface area contributed by atoms with Crippen molar-refractivity contribution in [3.8, 4) is 0 Å². The smallest absolute Gasteiger partial charge is 0.162 e. The molecule has 0 aliphatic carbocycles. The van der Waals surface area contributed by atoms with Gasteiger partial charge in [-0.05, 0) is 56.5 Å². The minimum Gasteiger partial charge on any atom is -0.316 e. The van der Waals surface area contributed by atoms with Crippen molar-refractivity contribution in [2.45, 2.75) is 25.7 Å². The highest BCUT2D eigenvalue weighted by Crippen LogP contribution is 2.18. The Hall–Kier alpha value is -1.29. The van der Waals surface area contributed by atoms with Crippen LogP contribution in [0.5, 0.6) is 0 Å². The molecule has 1 fully saturated rings. The van der Waals surface area contributed by atoms with E-state index in [1.54, 1.807) is 0 Å². The zero-order valence-electron chi connectivity index (χ0n) is 10.2. The minimum atomic E-state index is -0.958. The van der Waals surface area contributed by atoms with Gasteiger partial charge in [-0.25, -0.2) is 8.78 Å². The van der Waals surface area contributed by atoms with Gasteiger partial charge in [0.05, 0.1) is 0 Å². The summed E-state index contributed by atoms with van der Waals surface area (Å²) in [6, 6.07) is 3.33. The Balaban J connectivity index is 1.88. The van der Waals surface area contributed by atoms with E-state index in [9.17, 15) is 13.6 Å². The van der Waals surface area contributed by atoms with Crippen LogP contribution in [0.25, 0.3) is 0 Å². The van der Waals surface area contributed by atoms with Gasteiger partial charge < -0.3 is 5.32 Å². The molecule has 2 nitrogen and oxygen atoms in total. The summed E-state index contributed by atoms with van der Waals surface area (Å²) < 4.78 is 25.7. The SMILES string of the molecule is O=C(CCC1CCCNC1)c1ccc(F)c(F)c1. The topological polar surface area (TPSA) is 29.1 Å². The predicted molar refractivity (Wildman–Crippen MR) is 65.5 cm³/mol. The molecular formula is C14H17F2NO. The Bertz CT molecular complexity index is 428. The first-order chi connectivity index (χ1) is 8.66. The number of piperidine rings is 1. The van der Waals surface area contributed by atoms with E-state index in [0.29, 0.717) is 12.3 Å². The first-order valence-corrected chi connectivity index (χ1v) is 6.36. The van der Waals surface area contributed by atoms with Crippen LogP contribution in [-0.2, 0) is 0 Å². The van der Waals surface area contributed by atoms with Crippen LogP contribution in [0.4, 0.5) is 8.78 Å². The van der Waals surface area contributed by atoms with Crippen LogP contribution in [0.3, 0.4) is 0 Å². The number of halogens is 2. The zero-order chi connectivity index (χ0) is 13.0. The van der Waals surface area contributed by atoms with Crippen LogP contribution in [0, 0.1) is 17.6 Å². The first-order valence-electron chi connectivity index (χ1n) is 6.36. The Morgan fingerprint density at radius 2 is 2.17 bits per heavy atom. The summed E-state index contributed by atoms with van der Waals surface area (Å²) in [7, 11) is 0. The second-order valence-electron chi connectivity index (χ2n) is 4.80. The van der Waals surface area contributed by atoms with Gasteiger partial charge in [0.2, 0.25) is 0 Å². The molecule has 1 aliphatic heterocycles. The Morgan fingerprint density at radius 1 is 1.33 bits per heavy atom. The minimum absolute atomic E-state index is 0.112. The molecule has 1 atom stereocenters. The number of benzene rings is 1. The van der Waals surface area contributed by atoms with Gasteiger partial charge in [0.1, 0.15) is 0 Å². The monoisotopic (exact) mass is 253 g/mol. The standard InChI is InChI=1S/C14H17F2NO/c15-12-5-4-11(8-13(12)16)14(18)6-3-10-2-1-7-17-9-10/h4-5,8,10,17H,1-3,6-7,9H2. The summed E-state index contributed by atoms with van der Waals surface area (Å²) in [5.74, 6) is -1.46. The Labute approximate surface area is 105 Å². The van der Waals surface area contributed by atoms with Gasteiger partial charge in [0, 0.05) is 12.0 Å². The van der Waals surface area contributed by atoms with Crippen LogP contribution in [0.2, 0.25) is 0 Å². The van der Waals surface area contributed by atoms with E-state index < -0.39 is 11.6 Å². The quantitative estimate of drug-likeness (QED) is 0.836. The maximum Gasteiger partial charge on any atom is 0.162 e. The van der Waals surface area contributed by atoms with Crippen LogP contribution >= 0.6 is 0 Å². The number of hydrogen-bond acceptors (Lipinski definition) is 2. The molecule has 2 rings (SSSR count). The van der Waals surface area contributed by atoms with Crippen molar-refractivity contribution < 1.29 is 13.6 Å².